The topological polar surface area (TPSA) is 118 Å². The number of carboxylic acid groups (broad SMARTS) is 1. The molecule has 0 bridgehead atoms. The molecule has 1 aliphatic carbocycles. The van der Waals surface area contributed by atoms with E-state index in [1.54, 1.807) is 0 Å². The van der Waals surface area contributed by atoms with Gasteiger partial charge >= 0.3 is 5.97 Å². The maximum atomic E-state index is 11.9. The number of carbonyl (C=O) groups is 2. The van der Waals surface area contributed by atoms with Crippen molar-refractivity contribution in [1.29, 1.82) is 0 Å². The SMILES string of the molecule is CC1(C)CC(C)(C)c2cc(CC(O)([PH2]=O)C(CCC(N)=O)C(=O)O)ccc21. The van der Waals surface area contributed by atoms with Gasteiger partial charge < -0.3 is 20.5 Å². The number of aliphatic carboxylic acids is 1. The number of aliphatic hydroxyl groups is 1. The zero-order chi connectivity index (χ0) is 20.6. The van der Waals surface area contributed by atoms with Gasteiger partial charge in [0.25, 0.3) is 0 Å². The molecule has 0 spiro atoms. The highest BCUT2D eigenvalue weighted by Crippen LogP contribution is 2.49. The lowest BCUT2D eigenvalue weighted by atomic mass is 9.82. The fourth-order valence-corrected chi connectivity index (χ4v) is 5.39. The van der Waals surface area contributed by atoms with Gasteiger partial charge in [0.2, 0.25) is 5.91 Å². The minimum Gasteiger partial charge on any atom is -0.481 e. The molecule has 150 valence electrons. The quantitative estimate of drug-likeness (QED) is 0.585. The van der Waals surface area contributed by atoms with Crippen LogP contribution in [0.25, 0.3) is 0 Å². The van der Waals surface area contributed by atoms with Crippen molar-refractivity contribution in [1.82, 2.24) is 0 Å². The third-order valence-corrected chi connectivity index (χ3v) is 6.71. The summed E-state index contributed by atoms with van der Waals surface area (Å²) < 4.78 is 11.9. The predicted molar refractivity (Wildman–Crippen MR) is 106 cm³/mol. The lowest BCUT2D eigenvalue weighted by Crippen LogP contribution is -2.40. The van der Waals surface area contributed by atoms with Crippen LogP contribution in [0.3, 0.4) is 0 Å². The van der Waals surface area contributed by atoms with E-state index in [0.29, 0.717) is 0 Å². The standard InChI is InChI=1S/C20H30NO5P/c1-18(2)11-19(3,4)15-9-12(5-6-13(15)18)10-20(25,27-26)14(17(23)24)7-8-16(21)22/h5-6,9,14,25H,7-8,10-11,27H2,1-4H3,(H2,21,22)(H,23,24). The summed E-state index contributed by atoms with van der Waals surface area (Å²) in [6.07, 6.45) is 0.640. The van der Waals surface area contributed by atoms with E-state index in [-0.39, 0.29) is 30.1 Å². The van der Waals surface area contributed by atoms with Crippen molar-refractivity contribution in [2.75, 3.05) is 0 Å². The van der Waals surface area contributed by atoms with Crippen LogP contribution in [0.1, 0.15) is 63.6 Å². The molecule has 3 unspecified atom stereocenters. The van der Waals surface area contributed by atoms with E-state index in [4.69, 9.17) is 5.73 Å². The van der Waals surface area contributed by atoms with Gasteiger partial charge in [-0.15, -0.1) is 0 Å². The van der Waals surface area contributed by atoms with Gasteiger partial charge in [-0.25, -0.2) is 0 Å². The molecule has 0 saturated heterocycles. The van der Waals surface area contributed by atoms with E-state index >= 15 is 0 Å². The number of hydrogen-bond donors (Lipinski definition) is 3. The van der Waals surface area contributed by atoms with Gasteiger partial charge in [0.05, 0.1) is 14.4 Å². The maximum absolute atomic E-state index is 11.9. The largest absolute Gasteiger partial charge is 0.481 e. The zero-order valence-corrected chi connectivity index (χ0v) is 17.6. The first kappa shape index (κ1) is 21.6. The maximum Gasteiger partial charge on any atom is 0.309 e. The highest BCUT2D eigenvalue weighted by Gasteiger charge is 2.44. The van der Waals surface area contributed by atoms with E-state index in [2.05, 4.69) is 27.7 Å². The lowest BCUT2D eigenvalue weighted by molar-refractivity contribution is -0.147. The average molecular weight is 395 g/mol. The lowest BCUT2D eigenvalue weighted by Gasteiger charge is -2.29. The zero-order valence-electron chi connectivity index (χ0n) is 16.4. The first-order valence-corrected chi connectivity index (χ1v) is 10.2. The monoisotopic (exact) mass is 395 g/mol. The molecule has 0 aliphatic heterocycles. The molecule has 3 atom stereocenters. The Hall–Kier alpha value is -1.65. The van der Waals surface area contributed by atoms with E-state index < -0.39 is 31.6 Å². The highest BCUT2D eigenvalue weighted by molar-refractivity contribution is 7.25. The molecule has 1 amide bonds. The van der Waals surface area contributed by atoms with Crippen molar-refractivity contribution in [3.8, 4) is 0 Å². The van der Waals surface area contributed by atoms with Gasteiger partial charge in [0.15, 0.2) is 0 Å². The minimum absolute atomic E-state index is 0.0323. The van der Waals surface area contributed by atoms with Crippen molar-refractivity contribution in [2.24, 2.45) is 11.7 Å². The van der Waals surface area contributed by atoms with Gasteiger partial charge in [-0.05, 0) is 40.4 Å². The second-order valence-corrected chi connectivity index (χ2v) is 10.2. The second kappa shape index (κ2) is 7.40. The van der Waals surface area contributed by atoms with Crippen LogP contribution in [0, 0.1) is 5.92 Å². The average Bonchev–Trinajstić information content (AvgIpc) is 2.71. The molecule has 0 aromatic heterocycles. The molecule has 0 saturated carbocycles. The molecule has 6 nitrogen and oxygen atoms in total. The van der Waals surface area contributed by atoms with Gasteiger partial charge in [-0.2, -0.15) is 0 Å². The Morgan fingerprint density at radius 1 is 1.22 bits per heavy atom. The third-order valence-electron chi connectivity index (χ3n) is 5.70. The number of amides is 1. The van der Waals surface area contributed by atoms with Crippen LogP contribution < -0.4 is 5.73 Å². The number of benzene rings is 1. The van der Waals surface area contributed by atoms with Crippen molar-refractivity contribution in [3.63, 3.8) is 0 Å². The molecule has 1 aromatic carbocycles. The summed E-state index contributed by atoms with van der Waals surface area (Å²) in [5.74, 6) is -3.23. The number of fused-ring (bicyclic) bond motifs is 1. The molecule has 1 aromatic rings. The number of nitrogens with two attached hydrogens (primary N) is 1. The molecule has 2 rings (SSSR count). The van der Waals surface area contributed by atoms with Crippen molar-refractivity contribution in [2.45, 2.75) is 69.6 Å². The second-order valence-electron chi connectivity index (χ2n) is 9.01. The summed E-state index contributed by atoms with van der Waals surface area (Å²) in [7, 11) is -1.79. The number of carbonyl (C=O) groups excluding carboxylic acids is 1. The molecule has 0 heterocycles. The Bertz CT molecular complexity index is 774. The van der Waals surface area contributed by atoms with Gasteiger partial charge in [-0.1, -0.05) is 45.9 Å². The van der Waals surface area contributed by atoms with Gasteiger partial charge in [-0.3, -0.25) is 9.59 Å². The van der Waals surface area contributed by atoms with Crippen LogP contribution in [0.5, 0.6) is 0 Å². The highest BCUT2D eigenvalue weighted by atomic mass is 31.1. The van der Waals surface area contributed by atoms with Crippen LogP contribution in [0.15, 0.2) is 18.2 Å². The number of rotatable bonds is 8. The van der Waals surface area contributed by atoms with Crippen LogP contribution >= 0.6 is 8.46 Å². The van der Waals surface area contributed by atoms with E-state index in [1.165, 1.54) is 11.1 Å². The van der Waals surface area contributed by atoms with Crippen molar-refractivity contribution >= 4 is 20.3 Å². The summed E-state index contributed by atoms with van der Waals surface area (Å²) in [4.78, 5) is 22.7. The molecular weight excluding hydrogens is 365 g/mol. The first-order valence-electron chi connectivity index (χ1n) is 9.16. The molecule has 0 radical (unpaired) electrons. The Labute approximate surface area is 161 Å². The summed E-state index contributed by atoms with van der Waals surface area (Å²) in [5.41, 5.74) is 8.29. The smallest absolute Gasteiger partial charge is 0.309 e. The molecule has 7 heteroatoms. The Morgan fingerprint density at radius 3 is 2.33 bits per heavy atom. The third kappa shape index (κ3) is 4.44. The van der Waals surface area contributed by atoms with E-state index in [0.717, 1.165) is 12.0 Å². The number of hydrogen-bond acceptors (Lipinski definition) is 4. The van der Waals surface area contributed by atoms with E-state index in [9.17, 15) is 24.4 Å². The van der Waals surface area contributed by atoms with Crippen LogP contribution in [-0.4, -0.2) is 27.4 Å². The summed E-state index contributed by atoms with van der Waals surface area (Å²) >= 11 is 0. The Kier molecular flexibility index (Phi) is 5.93. The summed E-state index contributed by atoms with van der Waals surface area (Å²) in [6, 6.07) is 5.89. The van der Waals surface area contributed by atoms with Gasteiger partial charge in [0.1, 0.15) is 5.34 Å². The molecule has 4 N–H and O–H groups in total. The molecule has 27 heavy (non-hydrogen) atoms. The van der Waals surface area contributed by atoms with Crippen LogP contribution in [0.2, 0.25) is 0 Å². The molecule has 0 fully saturated rings. The van der Waals surface area contributed by atoms with Crippen molar-refractivity contribution in [3.05, 3.63) is 34.9 Å². The van der Waals surface area contributed by atoms with Gasteiger partial charge in [0, 0.05) is 12.8 Å². The molecule has 1 aliphatic rings. The van der Waals surface area contributed by atoms with E-state index in [1.807, 2.05) is 18.2 Å². The number of primary amides is 1. The minimum atomic E-state index is -1.90. The summed E-state index contributed by atoms with van der Waals surface area (Å²) in [5, 5.41) is 18.5. The number of carboxylic acids is 1. The summed E-state index contributed by atoms with van der Waals surface area (Å²) in [6.45, 7) is 8.73. The Morgan fingerprint density at radius 2 is 1.81 bits per heavy atom. The fraction of sp³-hybridized carbons (Fsp3) is 0.600. The predicted octanol–water partition coefficient (Wildman–Crippen LogP) is 2.60. The first-order chi connectivity index (χ1) is 12.3. The Balaban J connectivity index is 2.37. The van der Waals surface area contributed by atoms with Crippen molar-refractivity contribution < 1.29 is 24.4 Å². The van der Waals surface area contributed by atoms with Crippen LogP contribution in [0.4, 0.5) is 0 Å². The fourth-order valence-electron chi connectivity index (χ4n) is 4.59. The molecular formula is C20H30NO5P. The normalized spacial score (nSPS) is 20.9. The van der Waals surface area contributed by atoms with Crippen LogP contribution in [-0.2, 0) is 31.4 Å².